The summed E-state index contributed by atoms with van der Waals surface area (Å²) in [5, 5.41) is 21.8. The fraction of sp³-hybridized carbons (Fsp3) is 0.417. The van der Waals surface area contributed by atoms with Crippen LogP contribution in [0.25, 0.3) is 0 Å². The Morgan fingerprint density at radius 3 is 2.83 bits per heavy atom. The minimum Gasteiger partial charge on any atom is -0.396 e. The predicted octanol–water partition coefficient (Wildman–Crippen LogP) is 1.37. The average Bonchev–Trinajstić information content (AvgIpc) is 2.37. The van der Waals surface area contributed by atoms with E-state index in [9.17, 15) is 14.9 Å². The molecule has 1 amide bonds. The number of hydrogen-bond acceptors (Lipinski definition) is 4. The molecule has 0 aromatic heterocycles. The molecule has 0 bridgehead atoms. The smallest absolute Gasteiger partial charge is 0.269 e. The van der Waals surface area contributed by atoms with Gasteiger partial charge >= 0.3 is 0 Å². The van der Waals surface area contributed by atoms with Crippen molar-refractivity contribution in [3.8, 4) is 0 Å². The standard InChI is InChI=1S/C12H16N2O4/c15-7-2-1-6-12(16)13-9-10-4-3-5-11(8-10)14(17)18/h3-5,8,15H,1-2,6-7,9H2,(H,13,16). The third-order valence-electron chi connectivity index (χ3n) is 2.42. The van der Waals surface area contributed by atoms with E-state index in [2.05, 4.69) is 5.32 Å². The fourth-order valence-corrected chi connectivity index (χ4v) is 1.47. The summed E-state index contributed by atoms with van der Waals surface area (Å²) in [6, 6.07) is 6.16. The molecule has 1 aromatic carbocycles. The van der Waals surface area contributed by atoms with Gasteiger partial charge in [-0.15, -0.1) is 0 Å². The summed E-state index contributed by atoms with van der Waals surface area (Å²) in [6.45, 7) is 0.359. The number of carbonyl (C=O) groups is 1. The van der Waals surface area contributed by atoms with Crippen LogP contribution in [0.1, 0.15) is 24.8 Å². The van der Waals surface area contributed by atoms with Crippen LogP contribution in [0.15, 0.2) is 24.3 Å². The van der Waals surface area contributed by atoms with E-state index in [1.54, 1.807) is 12.1 Å². The second kappa shape index (κ2) is 7.39. The van der Waals surface area contributed by atoms with Gasteiger partial charge in [0.2, 0.25) is 5.91 Å². The lowest BCUT2D eigenvalue weighted by atomic mass is 10.2. The molecule has 2 N–H and O–H groups in total. The molecule has 1 aromatic rings. The second-order valence-electron chi connectivity index (χ2n) is 3.88. The van der Waals surface area contributed by atoms with Gasteiger partial charge in [-0.05, 0) is 18.4 Å². The SMILES string of the molecule is O=C(CCCCO)NCc1cccc([N+](=O)[O-])c1. The van der Waals surface area contributed by atoms with Crippen LogP contribution >= 0.6 is 0 Å². The van der Waals surface area contributed by atoms with Crippen LogP contribution < -0.4 is 5.32 Å². The van der Waals surface area contributed by atoms with E-state index in [0.29, 0.717) is 24.8 Å². The Morgan fingerprint density at radius 1 is 1.39 bits per heavy atom. The molecule has 6 nitrogen and oxygen atoms in total. The highest BCUT2D eigenvalue weighted by Crippen LogP contribution is 2.12. The molecule has 98 valence electrons. The summed E-state index contributed by atoms with van der Waals surface area (Å²) in [7, 11) is 0. The highest BCUT2D eigenvalue weighted by atomic mass is 16.6. The Labute approximate surface area is 105 Å². The third kappa shape index (κ3) is 4.92. The molecule has 0 saturated carbocycles. The number of nitrogens with one attached hydrogen (secondary N) is 1. The van der Waals surface area contributed by atoms with Gasteiger partial charge in [-0.2, -0.15) is 0 Å². The van der Waals surface area contributed by atoms with E-state index in [1.165, 1.54) is 12.1 Å². The number of nitro groups is 1. The zero-order valence-electron chi connectivity index (χ0n) is 9.96. The van der Waals surface area contributed by atoms with Gasteiger partial charge in [0.25, 0.3) is 5.69 Å². The van der Waals surface area contributed by atoms with Crippen molar-refractivity contribution in [3.05, 3.63) is 39.9 Å². The largest absolute Gasteiger partial charge is 0.396 e. The van der Waals surface area contributed by atoms with Gasteiger partial charge in [0, 0.05) is 31.7 Å². The Morgan fingerprint density at radius 2 is 2.17 bits per heavy atom. The highest BCUT2D eigenvalue weighted by molar-refractivity contribution is 5.75. The van der Waals surface area contributed by atoms with Crippen molar-refractivity contribution >= 4 is 11.6 Å². The summed E-state index contributed by atoms with van der Waals surface area (Å²) < 4.78 is 0. The maximum absolute atomic E-state index is 11.4. The monoisotopic (exact) mass is 252 g/mol. The first-order valence-corrected chi connectivity index (χ1v) is 5.74. The van der Waals surface area contributed by atoms with Gasteiger partial charge in [-0.1, -0.05) is 12.1 Å². The van der Waals surface area contributed by atoms with Crippen LogP contribution in [0.2, 0.25) is 0 Å². The highest BCUT2D eigenvalue weighted by Gasteiger charge is 2.06. The van der Waals surface area contributed by atoms with Crippen molar-refractivity contribution in [1.82, 2.24) is 5.32 Å². The van der Waals surface area contributed by atoms with Crippen molar-refractivity contribution in [1.29, 1.82) is 0 Å². The van der Waals surface area contributed by atoms with Crippen molar-refractivity contribution < 1.29 is 14.8 Å². The van der Waals surface area contributed by atoms with E-state index in [-0.39, 0.29) is 24.7 Å². The number of benzene rings is 1. The Hall–Kier alpha value is -1.95. The number of nitrogens with zero attached hydrogens (tertiary/aromatic N) is 1. The molecule has 0 atom stereocenters. The Balaban J connectivity index is 2.41. The van der Waals surface area contributed by atoms with Crippen molar-refractivity contribution in [2.75, 3.05) is 6.61 Å². The van der Waals surface area contributed by atoms with Crippen LogP contribution in [0.4, 0.5) is 5.69 Å². The van der Waals surface area contributed by atoms with Crippen LogP contribution in [0.5, 0.6) is 0 Å². The first kappa shape index (κ1) is 14.1. The van der Waals surface area contributed by atoms with Gasteiger partial charge in [0.05, 0.1) is 4.92 Å². The minimum absolute atomic E-state index is 0.0158. The number of nitro benzene ring substituents is 1. The van der Waals surface area contributed by atoms with Gasteiger partial charge in [-0.25, -0.2) is 0 Å². The maximum atomic E-state index is 11.4. The van der Waals surface area contributed by atoms with Crippen molar-refractivity contribution in [2.24, 2.45) is 0 Å². The summed E-state index contributed by atoms with van der Waals surface area (Å²) >= 11 is 0. The van der Waals surface area contributed by atoms with Gasteiger partial charge < -0.3 is 10.4 Å². The molecule has 0 fully saturated rings. The summed E-state index contributed by atoms with van der Waals surface area (Å²) in [6.07, 6.45) is 1.59. The minimum atomic E-state index is -0.466. The second-order valence-corrected chi connectivity index (χ2v) is 3.88. The number of amides is 1. The predicted molar refractivity (Wildman–Crippen MR) is 65.9 cm³/mol. The molecule has 1 rings (SSSR count). The number of hydrogen-bond donors (Lipinski definition) is 2. The van der Waals surface area contributed by atoms with Crippen LogP contribution in [-0.4, -0.2) is 22.5 Å². The normalized spacial score (nSPS) is 10.1. The van der Waals surface area contributed by atoms with Gasteiger partial charge in [0.1, 0.15) is 0 Å². The number of carbonyl (C=O) groups excluding carboxylic acids is 1. The van der Waals surface area contributed by atoms with Crippen LogP contribution in [0, 0.1) is 10.1 Å². The van der Waals surface area contributed by atoms with Gasteiger partial charge in [0.15, 0.2) is 0 Å². The van der Waals surface area contributed by atoms with Crippen molar-refractivity contribution in [3.63, 3.8) is 0 Å². The maximum Gasteiger partial charge on any atom is 0.269 e. The summed E-state index contributed by atoms with van der Waals surface area (Å²) in [5.41, 5.74) is 0.710. The molecule has 0 unspecified atom stereocenters. The lowest BCUT2D eigenvalue weighted by Crippen LogP contribution is -2.22. The first-order valence-electron chi connectivity index (χ1n) is 5.74. The molecule has 0 saturated heterocycles. The van der Waals surface area contributed by atoms with Crippen LogP contribution in [0.3, 0.4) is 0 Å². The van der Waals surface area contributed by atoms with E-state index in [1.807, 2.05) is 0 Å². The molecule has 0 spiro atoms. The molecular weight excluding hydrogens is 236 g/mol. The Kier molecular flexibility index (Phi) is 5.79. The topological polar surface area (TPSA) is 92.5 Å². The summed E-state index contributed by atoms with van der Waals surface area (Å²) in [4.78, 5) is 21.5. The average molecular weight is 252 g/mol. The molecule has 6 heteroatoms. The first-order chi connectivity index (χ1) is 8.63. The Bertz CT molecular complexity index is 420. The van der Waals surface area contributed by atoms with E-state index >= 15 is 0 Å². The summed E-state index contributed by atoms with van der Waals surface area (Å²) in [5.74, 6) is -0.116. The molecule has 18 heavy (non-hydrogen) atoms. The van der Waals surface area contributed by atoms with E-state index < -0.39 is 4.92 Å². The number of aliphatic hydroxyl groups is 1. The van der Waals surface area contributed by atoms with E-state index in [4.69, 9.17) is 5.11 Å². The third-order valence-corrected chi connectivity index (χ3v) is 2.42. The van der Waals surface area contributed by atoms with Crippen LogP contribution in [-0.2, 0) is 11.3 Å². The fourth-order valence-electron chi connectivity index (χ4n) is 1.47. The zero-order valence-corrected chi connectivity index (χ0v) is 9.96. The number of non-ortho nitro benzene ring substituents is 1. The number of unbranched alkanes of at least 4 members (excludes halogenated alkanes) is 1. The lowest BCUT2D eigenvalue weighted by Gasteiger charge is -2.04. The van der Waals surface area contributed by atoms with Gasteiger partial charge in [-0.3, -0.25) is 14.9 Å². The molecule has 0 aliphatic heterocycles. The molecular formula is C12H16N2O4. The van der Waals surface area contributed by atoms with Crippen molar-refractivity contribution in [2.45, 2.75) is 25.8 Å². The van der Waals surface area contributed by atoms with E-state index in [0.717, 1.165) is 0 Å². The number of aliphatic hydroxyl groups excluding tert-OH is 1. The molecule has 0 aliphatic carbocycles. The zero-order chi connectivity index (χ0) is 13.4. The molecule has 0 heterocycles. The lowest BCUT2D eigenvalue weighted by molar-refractivity contribution is -0.384. The quantitative estimate of drug-likeness (QED) is 0.435. The molecule has 0 radical (unpaired) electrons. The molecule has 0 aliphatic rings. The number of rotatable bonds is 7.